The molecule has 1 aliphatic rings. The molecule has 1 aliphatic carbocycles. The molecule has 0 nitrogen and oxygen atoms in total. The highest BCUT2D eigenvalue weighted by molar-refractivity contribution is 5.08. The first-order valence-corrected chi connectivity index (χ1v) is 4.01. The summed E-state index contributed by atoms with van der Waals surface area (Å²) in [5, 5.41) is 0. The molecule has 58 valence electrons. The molecule has 0 spiro atoms. The fraction of sp³-hybridized carbons (Fsp3) is 0.778. The zero-order valence-electron chi connectivity index (χ0n) is 6.78. The van der Waals surface area contributed by atoms with Crippen molar-refractivity contribution in [1.29, 1.82) is 0 Å². The van der Waals surface area contributed by atoms with Crippen molar-refractivity contribution in [3.8, 4) is 0 Å². The van der Waals surface area contributed by atoms with Crippen molar-refractivity contribution in [2.75, 3.05) is 0 Å². The Hall–Kier alpha value is -0.330. The molecule has 0 aromatic carbocycles. The van der Waals surface area contributed by atoms with Crippen LogP contribution in [0.1, 0.15) is 39.5 Å². The number of alkyl halides is 1. The first kappa shape index (κ1) is 7.77. The third kappa shape index (κ3) is 1.83. The van der Waals surface area contributed by atoms with Crippen molar-refractivity contribution in [2.45, 2.75) is 45.2 Å². The molecule has 0 aromatic heterocycles. The lowest BCUT2D eigenvalue weighted by atomic mass is 9.88. The Kier molecular flexibility index (Phi) is 2.12. The van der Waals surface area contributed by atoms with Crippen LogP contribution in [0, 0.1) is 0 Å². The summed E-state index contributed by atoms with van der Waals surface area (Å²) in [6.45, 7) is 3.82. The summed E-state index contributed by atoms with van der Waals surface area (Å²) in [7, 11) is 0. The van der Waals surface area contributed by atoms with Crippen molar-refractivity contribution in [3.63, 3.8) is 0 Å². The zero-order chi connectivity index (χ0) is 7.61. The molecular weight excluding hydrogens is 127 g/mol. The number of halogens is 1. The lowest BCUT2D eigenvalue weighted by Gasteiger charge is -2.24. The molecule has 0 radical (unpaired) electrons. The van der Waals surface area contributed by atoms with Crippen LogP contribution in [0.15, 0.2) is 11.6 Å². The quantitative estimate of drug-likeness (QED) is 0.493. The molecule has 0 N–H and O–H groups in total. The van der Waals surface area contributed by atoms with Gasteiger partial charge in [0, 0.05) is 0 Å². The normalized spacial score (nSPS) is 33.7. The Balaban J connectivity index is 2.52. The molecule has 0 aromatic rings. The molecule has 10 heavy (non-hydrogen) atoms. The summed E-state index contributed by atoms with van der Waals surface area (Å²) >= 11 is 0. The minimum absolute atomic E-state index is 0.621. The predicted molar refractivity (Wildman–Crippen MR) is 41.7 cm³/mol. The summed E-state index contributed by atoms with van der Waals surface area (Å²) in [4.78, 5) is 0. The fourth-order valence-corrected chi connectivity index (χ4v) is 1.30. The van der Waals surface area contributed by atoms with E-state index in [1.165, 1.54) is 5.57 Å². The molecule has 0 saturated heterocycles. The van der Waals surface area contributed by atoms with Crippen LogP contribution in [0.3, 0.4) is 0 Å². The van der Waals surface area contributed by atoms with E-state index in [2.05, 4.69) is 13.0 Å². The van der Waals surface area contributed by atoms with Crippen LogP contribution in [0.5, 0.6) is 0 Å². The van der Waals surface area contributed by atoms with Gasteiger partial charge in [-0.15, -0.1) is 0 Å². The van der Waals surface area contributed by atoms with Crippen LogP contribution >= 0.6 is 0 Å². The van der Waals surface area contributed by atoms with Crippen molar-refractivity contribution >= 4 is 0 Å². The molecule has 1 atom stereocenters. The highest BCUT2D eigenvalue weighted by Gasteiger charge is 2.24. The summed E-state index contributed by atoms with van der Waals surface area (Å²) in [6.07, 6.45) is 5.45. The molecule has 0 bridgehead atoms. The van der Waals surface area contributed by atoms with Gasteiger partial charge in [0.1, 0.15) is 5.67 Å². The molecule has 0 heterocycles. The number of rotatable bonds is 1. The molecule has 1 heteroatoms. The maximum atomic E-state index is 13.1. The first-order valence-electron chi connectivity index (χ1n) is 4.01. The smallest absolute Gasteiger partial charge is 0.112 e. The van der Waals surface area contributed by atoms with Gasteiger partial charge in [-0.05, 0) is 32.6 Å². The molecule has 1 unspecified atom stereocenters. The predicted octanol–water partition coefficient (Wildman–Crippen LogP) is 3.23. The van der Waals surface area contributed by atoms with E-state index in [4.69, 9.17) is 0 Å². The van der Waals surface area contributed by atoms with E-state index in [-0.39, 0.29) is 0 Å². The molecule has 1 rings (SSSR count). The Morgan fingerprint density at radius 2 is 2.40 bits per heavy atom. The Morgan fingerprint density at radius 1 is 1.70 bits per heavy atom. The van der Waals surface area contributed by atoms with Crippen LogP contribution in [0.25, 0.3) is 0 Å². The van der Waals surface area contributed by atoms with Crippen molar-refractivity contribution < 1.29 is 4.39 Å². The fourth-order valence-electron chi connectivity index (χ4n) is 1.30. The van der Waals surface area contributed by atoms with E-state index in [9.17, 15) is 4.39 Å². The second-order valence-corrected chi connectivity index (χ2v) is 3.33. The van der Waals surface area contributed by atoms with Gasteiger partial charge >= 0.3 is 0 Å². The van der Waals surface area contributed by atoms with E-state index in [0.29, 0.717) is 12.8 Å². The van der Waals surface area contributed by atoms with E-state index < -0.39 is 5.67 Å². The van der Waals surface area contributed by atoms with Crippen LogP contribution in [0.2, 0.25) is 0 Å². The second-order valence-electron chi connectivity index (χ2n) is 3.33. The highest BCUT2D eigenvalue weighted by Crippen LogP contribution is 2.31. The van der Waals surface area contributed by atoms with Gasteiger partial charge in [0.05, 0.1) is 0 Å². The van der Waals surface area contributed by atoms with Crippen molar-refractivity contribution in [1.82, 2.24) is 0 Å². The Labute approximate surface area is 62.1 Å². The number of hydrogen-bond donors (Lipinski definition) is 0. The van der Waals surface area contributed by atoms with Gasteiger partial charge in [-0.1, -0.05) is 18.6 Å². The summed E-state index contributed by atoms with van der Waals surface area (Å²) in [6, 6.07) is 0. The van der Waals surface area contributed by atoms with Gasteiger partial charge in [0.15, 0.2) is 0 Å². The van der Waals surface area contributed by atoms with Gasteiger partial charge in [-0.25, -0.2) is 4.39 Å². The Morgan fingerprint density at radius 3 is 2.80 bits per heavy atom. The monoisotopic (exact) mass is 142 g/mol. The summed E-state index contributed by atoms with van der Waals surface area (Å²) < 4.78 is 13.1. The lowest BCUT2D eigenvalue weighted by Crippen LogP contribution is -2.20. The summed E-state index contributed by atoms with van der Waals surface area (Å²) in [5.41, 5.74) is 0.508. The van der Waals surface area contributed by atoms with Crippen LogP contribution in [-0.2, 0) is 0 Å². The standard InChI is InChI=1S/C9H15F/c1-3-8-4-6-9(2,10)7-5-8/h4H,3,5-7H2,1-2H3. The van der Waals surface area contributed by atoms with Gasteiger partial charge in [-0.2, -0.15) is 0 Å². The van der Waals surface area contributed by atoms with Crippen molar-refractivity contribution in [3.05, 3.63) is 11.6 Å². The SMILES string of the molecule is CCC1=CCC(C)(F)CC1. The second kappa shape index (κ2) is 2.73. The van der Waals surface area contributed by atoms with Crippen LogP contribution in [0.4, 0.5) is 4.39 Å². The minimum atomic E-state index is -0.918. The average molecular weight is 142 g/mol. The van der Waals surface area contributed by atoms with Gasteiger partial charge in [0.25, 0.3) is 0 Å². The molecule has 0 amide bonds. The van der Waals surface area contributed by atoms with Gasteiger partial charge < -0.3 is 0 Å². The molecule has 0 aliphatic heterocycles. The van der Waals surface area contributed by atoms with Gasteiger partial charge in [-0.3, -0.25) is 0 Å². The zero-order valence-corrected chi connectivity index (χ0v) is 6.78. The molecule has 0 fully saturated rings. The first-order chi connectivity index (χ1) is 4.64. The highest BCUT2D eigenvalue weighted by atomic mass is 19.1. The number of allylic oxidation sites excluding steroid dienone is 2. The maximum absolute atomic E-state index is 13.1. The third-order valence-electron chi connectivity index (χ3n) is 2.24. The van der Waals surface area contributed by atoms with E-state index >= 15 is 0 Å². The average Bonchev–Trinajstić information content (AvgIpc) is 1.88. The minimum Gasteiger partial charge on any atom is -0.244 e. The Bertz CT molecular complexity index is 145. The summed E-state index contributed by atoms with van der Waals surface area (Å²) in [5.74, 6) is 0. The lowest BCUT2D eigenvalue weighted by molar-refractivity contribution is 0.171. The number of hydrogen-bond acceptors (Lipinski definition) is 0. The largest absolute Gasteiger partial charge is 0.244 e. The maximum Gasteiger partial charge on any atom is 0.112 e. The topological polar surface area (TPSA) is 0 Å². The van der Waals surface area contributed by atoms with E-state index in [0.717, 1.165) is 12.8 Å². The molecular formula is C9H15F. The van der Waals surface area contributed by atoms with Crippen LogP contribution < -0.4 is 0 Å². The van der Waals surface area contributed by atoms with Gasteiger partial charge in [0.2, 0.25) is 0 Å². The third-order valence-corrected chi connectivity index (χ3v) is 2.24. The van der Waals surface area contributed by atoms with E-state index in [1.54, 1.807) is 6.92 Å². The van der Waals surface area contributed by atoms with Crippen molar-refractivity contribution in [2.24, 2.45) is 0 Å². The molecule has 0 saturated carbocycles. The van der Waals surface area contributed by atoms with Crippen LogP contribution in [-0.4, -0.2) is 5.67 Å². The van der Waals surface area contributed by atoms with E-state index in [1.807, 2.05) is 0 Å².